The van der Waals surface area contributed by atoms with Crippen molar-refractivity contribution in [3.05, 3.63) is 132 Å². The molecule has 0 bridgehead atoms. The third kappa shape index (κ3) is 7.74. The lowest BCUT2D eigenvalue weighted by atomic mass is 9.87. The first-order chi connectivity index (χ1) is 31.1. The number of carbonyl (C=O) groups excluding carboxylic acids is 4. The maximum absolute atomic E-state index is 14.3. The number of ether oxygens (including phenoxy) is 2. The van der Waals surface area contributed by atoms with Gasteiger partial charge in [-0.25, -0.2) is 19.2 Å². The van der Waals surface area contributed by atoms with Gasteiger partial charge in [-0.05, 0) is 134 Å². The van der Waals surface area contributed by atoms with Crippen molar-refractivity contribution in [3.8, 4) is 0 Å². The molecule has 64 heavy (non-hydrogen) atoms. The quantitative estimate of drug-likeness (QED) is 0.0826. The van der Waals surface area contributed by atoms with Crippen LogP contribution in [0.25, 0.3) is 21.8 Å². The second-order valence-corrected chi connectivity index (χ2v) is 18.0. The van der Waals surface area contributed by atoms with Crippen molar-refractivity contribution in [2.24, 2.45) is 11.5 Å². The SMILES string of the molecule is NC(=O)N1C[C@@](CCN2CCC(c3ccc4[nH]ccc4c3)CC2)(OC(=O)C(=O)O[C@]2(CCN3CCC(c4ccc5[nH]ccc5c4)CC3)CN(C(N)=O)c3ccccc32)c2ccccc21. The second kappa shape index (κ2) is 16.8. The van der Waals surface area contributed by atoms with Gasteiger partial charge in [-0.1, -0.05) is 48.5 Å². The number of likely N-dealkylation sites (tertiary alicyclic amines) is 2. The van der Waals surface area contributed by atoms with E-state index in [-0.39, 0.29) is 13.1 Å². The number of esters is 2. The second-order valence-electron chi connectivity index (χ2n) is 18.0. The van der Waals surface area contributed by atoms with E-state index < -0.39 is 35.2 Å². The predicted octanol–water partition coefficient (Wildman–Crippen LogP) is 7.16. The molecular formula is C50H54N8O6. The fraction of sp³-hybridized carbons (Fsp3) is 0.360. The van der Waals surface area contributed by atoms with E-state index in [9.17, 15) is 19.2 Å². The zero-order valence-corrected chi connectivity index (χ0v) is 35.8. The van der Waals surface area contributed by atoms with Crippen molar-refractivity contribution in [1.82, 2.24) is 19.8 Å². The minimum atomic E-state index is -1.38. The molecule has 14 nitrogen and oxygen atoms in total. The highest BCUT2D eigenvalue weighted by molar-refractivity contribution is 6.30. The summed E-state index contributed by atoms with van der Waals surface area (Å²) in [5, 5.41) is 2.40. The van der Waals surface area contributed by atoms with E-state index in [4.69, 9.17) is 20.9 Å². The number of nitrogens with one attached hydrogen (secondary N) is 2. The number of nitrogens with zero attached hydrogens (tertiary/aromatic N) is 4. The molecule has 6 aromatic rings. The Morgan fingerprint density at radius 2 is 0.969 bits per heavy atom. The van der Waals surface area contributed by atoms with Gasteiger partial charge in [0.25, 0.3) is 0 Å². The maximum atomic E-state index is 14.3. The van der Waals surface area contributed by atoms with Gasteiger partial charge in [-0.2, -0.15) is 0 Å². The Bertz CT molecular complexity index is 2550. The van der Waals surface area contributed by atoms with Crippen molar-refractivity contribution >= 4 is 57.2 Å². The number of H-pyrrole nitrogens is 2. The number of carbonyl (C=O) groups is 4. The molecule has 0 spiro atoms. The number of aromatic nitrogens is 2. The van der Waals surface area contributed by atoms with Crippen LogP contribution >= 0.6 is 0 Å². The molecule has 0 aliphatic carbocycles. The monoisotopic (exact) mass is 862 g/mol. The van der Waals surface area contributed by atoms with Gasteiger partial charge in [0.15, 0.2) is 11.2 Å². The molecule has 2 atom stereocenters. The smallest absolute Gasteiger partial charge is 0.418 e. The molecule has 2 aromatic heterocycles. The average molecular weight is 863 g/mol. The first-order valence-electron chi connectivity index (χ1n) is 22.5. The van der Waals surface area contributed by atoms with Gasteiger partial charge in [0.2, 0.25) is 0 Å². The Balaban J connectivity index is 0.858. The number of amides is 4. The summed E-state index contributed by atoms with van der Waals surface area (Å²) in [4.78, 5) is 68.5. The minimum Gasteiger partial charge on any atom is -0.444 e. The fourth-order valence-corrected chi connectivity index (χ4v) is 10.9. The first-order valence-corrected chi connectivity index (χ1v) is 22.5. The molecule has 6 N–H and O–H groups in total. The molecule has 4 amide bonds. The summed E-state index contributed by atoms with van der Waals surface area (Å²) in [7, 11) is 0. The van der Waals surface area contributed by atoms with E-state index in [0.717, 1.165) is 62.9 Å². The molecule has 330 valence electrons. The van der Waals surface area contributed by atoms with Crippen LogP contribution in [0.4, 0.5) is 21.0 Å². The summed E-state index contributed by atoms with van der Waals surface area (Å²) in [6.45, 7) is 4.35. The van der Waals surface area contributed by atoms with Crippen LogP contribution in [0.3, 0.4) is 0 Å². The summed E-state index contributed by atoms with van der Waals surface area (Å²) in [5.41, 5.74) is 16.2. The predicted molar refractivity (Wildman–Crippen MR) is 245 cm³/mol. The summed E-state index contributed by atoms with van der Waals surface area (Å²) in [6.07, 6.45) is 8.40. The molecule has 0 radical (unpaired) electrons. The van der Waals surface area contributed by atoms with Crippen LogP contribution in [0, 0.1) is 0 Å². The van der Waals surface area contributed by atoms with Gasteiger partial charge in [0.05, 0.1) is 24.5 Å². The van der Waals surface area contributed by atoms with Crippen molar-refractivity contribution in [3.63, 3.8) is 0 Å². The fourth-order valence-electron chi connectivity index (χ4n) is 10.9. The average Bonchev–Trinajstić information content (AvgIpc) is 4.12. The number of rotatable bonds is 10. The number of anilines is 2. The number of aromatic amines is 2. The van der Waals surface area contributed by atoms with Crippen LogP contribution in [-0.2, 0) is 30.3 Å². The highest BCUT2D eigenvalue weighted by Crippen LogP contribution is 2.47. The van der Waals surface area contributed by atoms with E-state index in [1.165, 1.54) is 31.7 Å². The first kappa shape index (κ1) is 41.4. The molecule has 0 unspecified atom stereocenters. The molecule has 14 heteroatoms. The van der Waals surface area contributed by atoms with Gasteiger partial charge in [-0.3, -0.25) is 9.80 Å². The van der Waals surface area contributed by atoms with Gasteiger partial charge >= 0.3 is 24.0 Å². The summed E-state index contributed by atoms with van der Waals surface area (Å²) in [5.74, 6) is -1.53. The number of para-hydroxylation sites is 2. The largest absolute Gasteiger partial charge is 0.444 e. The number of benzene rings is 4. The topological polar surface area (TPSA) is 183 Å². The third-order valence-corrected chi connectivity index (χ3v) is 14.4. The van der Waals surface area contributed by atoms with Crippen LogP contribution in [-0.4, -0.2) is 96.1 Å². The Hall–Kier alpha value is -6.64. The van der Waals surface area contributed by atoms with Crippen LogP contribution in [0.5, 0.6) is 0 Å². The van der Waals surface area contributed by atoms with Crippen molar-refractivity contribution in [2.45, 2.75) is 61.6 Å². The lowest BCUT2D eigenvalue weighted by Crippen LogP contribution is -2.48. The standard InChI is InChI=1S/C50H54N8O6/c51-47(61)57-31-49(39-5-1-3-7-43(39)57,19-27-55-23-15-33(16-24-55)35-9-11-41-37(29-35)13-21-53-41)63-45(59)46(60)64-50(32-58(48(52)62)44-8-4-2-6-40(44)50)20-28-56-25-17-34(18-26-56)36-10-12-42-38(30-36)14-22-54-42/h1-14,21-22,29-30,33-34,53-54H,15-20,23-28,31-32H2,(H2,51,61)(H2,52,62)/t49-,50-/m1/s1. The van der Waals surface area contributed by atoms with E-state index >= 15 is 0 Å². The Kier molecular flexibility index (Phi) is 10.9. The Labute approximate surface area is 371 Å². The molecule has 2 saturated heterocycles. The van der Waals surface area contributed by atoms with Crippen molar-refractivity contribution < 1.29 is 28.7 Å². The number of nitrogens with two attached hydrogens (primary N) is 2. The van der Waals surface area contributed by atoms with Crippen molar-refractivity contribution in [1.29, 1.82) is 0 Å². The number of primary amides is 2. The molecule has 4 aliphatic rings. The lowest BCUT2D eigenvalue weighted by molar-refractivity contribution is -0.187. The third-order valence-electron chi connectivity index (χ3n) is 14.4. The van der Waals surface area contributed by atoms with E-state index in [0.29, 0.717) is 60.3 Å². The lowest BCUT2D eigenvalue weighted by Gasteiger charge is -2.37. The van der Waals surface area contributed by atoms with E-state index in [1.807, 2.05) is 36.7 Å². The molecule has 10 rings (SSSR count). The van der Waals surface area contributed by atoms with Gasteiger partial charge in [-0.15, -0.1) is 0 Å². The van der Waals surface area contributed by atoms with Gasteiger partial charge < -0.3 is 40.7 Å². The zero-order valence-electron chi connectivity index (χ0n) is 35.8. The zero-order chi connectivity index (χ0) is 44.0. The van der Waals surface area contributed by atoms with Gasteiger partial charge in [0, 0.05) is 60.5 Å². The van der Waals surface area contributed by atoms with Gasteiger partial charge in [0.1, 0.15) is 0 Å². The molecule has 4 aromatic carbocycles. The highest BCUT2D eigenvalue weighted by atomic mass is 16.6. The number of piperidine rings is 2. The maximum Gasteiger partial charge on any atom is 0.418 e. The number of fused-ring (bicyclic) bond motifs is 4. The highest BCUT2D eigenvalue weighted by Gasteiger charge is 2.52. The molecular weight excluding hydrogens is 809 g/mol. The Morgan fingerprint density at radius 3 is 1.38 bits per heavy atom. The summed E-state index contributed by atoms with van der Waals surface area (Å²) < 4.78 is 12.7. The molecule has 4 aliphatic heterocycles. The number of hydrogen-bond acceptors (Lipinski definition) is 8. The van der Waals surface area contributed by atoms with Crippen LogP contribution in [0.2, 0.25) is 0 Å². The minimum absolute atomic E-state index is 0.0493. The van der Waals surface area contributed by atoms with Crippen LogP contribution < -0.4 is 21.3 Å². The number of hydrogen-bond donors (Lipinski definition) is 4. The normalized spacial score (nSPS) is 21.9. The molecule has 2 fully saturated rings. The number of urea groups is 2. The Morgan fingerprint density at radius 1 is 0.562 bits per heavy atom. The van der Waals surface area contributed by atoms with E-state index in [1.54, 1.807) is 24.3 Å². The molecule has 0 saturated carbocycles. The summed E-state index contributed by atoms with van der Waals surface area (Å²) in [6, 6.07) is 30.5. The molecule has 6 heterocycles. The summed E-state index contributed by atoms with van der Waals surface area (Å²) >= 11 is 0. The van der Waals surface area contributed by atoms with E-state index in [2.05, 4.69) is 68.3 Å². The van der Waals surface area contributed by atoms with Crippen LogP contribution in [0.1, 0.15) is 72.6 Å². The van der Waals surface area contributed by atoms with Crippen LogP contribution in [0.15, 0.2) is 109 Å². The van der Waals surface area contributed by atoms with Crippen molar-refractivity contribution in [2.75, 3.05) is 62.2 Å².